The molecule has 1 heterocycles. The van der Waals surface area contributed by atoms with Crippen LogP contribution in [0.3, 0.4) is 0 Å². The molecule has 5 heteroatoms. The molecule has 0 spiro atoms. The number of hydrogen-bond donors (Lipinski definition) is 0. The summed E-state index contributed by atoms with van der Waals surface area (Å²) in [5.41, 5.74) is 0.770. The molecule has 130 valence electrons. The number of hydrogen-bond acceptors (Lipinski definition) is 4. The van der Waals surface area contributed by atoms with E-state index in [2.05, 4.69) is 23.1 Å². The van der Waals surface area contributed by atoms with Crippen molar-refractivity contribution in [3.05, 3.63) is 35.9 Å². The molecule has 24 heavy (non-hydrogen) atoms. The van der Waals surface area contributed by atoms with Crippen molar-refractivity contribution in [2.24, 2.45) is 0 Å². The van der Waals surface area contributed by atoms with Crippen LogP contribution in [0.5, 0.6) is 0 Å². The number of benzene rings is 1. The average Bonchev–Trinajstić information content (AvgIpc) is 2.55. The zero-order valence-electron chi connectivity index (χ0n) is 14.9. The highest BCUT2D eigenvalue weighted by atomic mass is 16.6. The molecule has 1 aliphatic heterocycles. The van der Waals surface area contributed by atoms with Crippen LogP contribution >= 0.6 is 0 Å². The van der Waals surface area contributed by atoms with Crippen molar-refractivity contribution in [1.82, 2.24) is 9.80 Å². The summed E-state index contributed by atoms with van der Waals surface area (Å²) in [6, 6.07) is 12.8. The minimum atomic E-state index is -0.465. The number of piperazine rings is 1. The second kappa shape index (κ2) is 8.16. The van der Waals surface area contributed by atoms with E-state index in [4.69, 9.17) is 10.00 Å². The van der Waals surface area contributed by atoms with Gasteiger partial charge in [-0.15, -0.1) is 0 Å². The number of amides is 1. The Balaban J connectivity index is 1.97. The van der Waals surface area contributed by atoms with Crippen molar-refractivity contribution < 1.29 is 9.53 Å². The normalized spacial score (nSPS) is 17.2. The molecule has 0 radical (unpaired) electrons. The van der Waals surface area contributed by atoms with Crippen LogP contribution < -0.4 is 0 Å². The van der Waals surface area contributed by atoms with Crippen LogP contribution in [0, 0.1) is 11.3 Å². The predicted molar refractivity (Wildman–Crippen MR) is 93.4 cm³/mol. The molecule has 1 amide bonds. The fourth-order valence-corrected chi connectivity index (χ4v) is 2.98. The lowest BCUT2D eigenvalue weighted by Gasteiger charge is -2.39. The Labute approximate surface area is 144 Å². The molecule has 1 fully saturated rings. The third-order valence-corrected chi connectivity index (χ3v) is 4.12. The van der Waals surface area contributed by atoms with E-state index in [0.29, 0.717) is 19.5 Å². The number of nitriles is 1. The Bertz CT molecular complexity index is 567. The Morgan fingerprint density at radius 2 is 1.83 bits per heavy atom. The van der Waals surface area contributed by atoms with E-state index >= 15 is 0 Å². The van der Waals surface area contributed by atoms with E-state index in [9.17, 15) is 4.79 Å². The summed E-state index contributed by atoms with van der Waals surface area (Å²) in [7, 11) is 0. The molecule has 0 saturated carbocycles. The molecule has 0 bridgehead atoms. The van der Waals surface area contributed by atoms with Crippen molar-refractivity contribution in [2.75, 3.05) is 26.2 Å². The average molecular weight is 329 g/mol. The first-order valence-corrected chi connectivity index (χ1v) is 8.54. The molecule has 1 aliphatic rings. The van der Waals surface area contributed by atoms with Crippen LogP contribution in [0.1, 0.15) is 45.2 Å². The lowest BCUT2D eigenvalue weighted by Crippen LogP contribution is -2.50. The maximum absolute atomic E-state index is 12.2. The Morgan fingerprint density at radius 1 is 1.21 bits per heavy atom. The van der Waals surface area contributed by atoms with Gasteiger partial charge in [0.1, 0.15) is 5.60 Å². The molecule has 0 N–H and O–H groups in total. The van der Waals surface area contributed by atoms with Crippen molar-refractivity contribution in [2.45, 2.75) is 45.3 Å². The van der Waals surface area contributed by atoms with Crippen LogP contribution in [0.25, 0.3) is 0 Å². The quantitative estimate of drug-likeness (QED) is 0.847. The van der Waals surface area contributed by atoms with E-state index < -0.39 is 5.60 Å². The van der Waals surface area contributed by atoms with Crippen LogP contribution in [-0.4, -0.2) is 47.7 Å². The highest BCUT2D eigenvalue weighted by Crippen LogP contribution is 2.27. The molecule has 2 rings (SSSR count). The van der Waals surface area contributed by atoms with Gasteiger partial charge in [-0.1, -0.05) is 30.3 Å². The molecular formula is C19H27N3O2. The second-order valence-corrected chi connectivity index (χ2v) is 7.13. The summed E-state index contributed by atoms with van der Waals surface area (Å²) < 4.78 is 5.45. The van der Waals surface area contributed by atoms with Gasteiger partial charge in [0.25, 0.3) is 0 Å². The van der Waals surface area contributed by atoms with E-state index in [0.717, 1.165) is 19.5 Å². The maximum Gasteiger partial charge on any atom is 0.410 e. The number of nitrogens with zero attached hydrogens (tertiary/aromatic N) is 3. The van der Waals surface area contributed by atoms with Crippen LogP contribution in [-0.2, 0) is 4.74 Å². The van der Waals surface area contributed by atoms with Crippen molar-refractivity contribution in [1.29, 1.82) is 5.26 Å². The zero-order chi connectivity index (χ0) is 17.6. The molecular weight excluding hydrogens is 302 g/mol. The van der Waals surface area contributed by atoms with Gasteiger partial charge in [0.05, 0.1) is 6.07 Å². The minimum absolute atomic E-state index is 0.228. The molecule has 1 saturated heterocycles. The zero-order valence-corrected chi connectivity index (χ0v) is 14.9. The second-order valence-electron chi connectivity index (χ2n) is 7.13. The van der Waals surface area contributed by atoms with Crippen molar-refractivity contribution >= 4 is 6.09 Å². The predicted octanol–water partition coefficient (Wildman–Crippen LogP) is 3.58. The van der Waals surface area contributed by atoms with E-state index in [-0.39, 0.29) is 12.1 Å². The van der Waals surface area contributed by atoms with Gasteiger partial charge in [-0.2, -0.15) is 5.26 Å². The number of carbonyl (C=O) groups is 1. The van der Waals surface area contributed by atoms with Gasteiger partial charge in [-0.25, -0.2) is 4.79 Å². The minimum Gasteiger partial charge on any atom is -0.444 e. The third kappa shape index (κ3) is 5.24. The van der Waals surface area contributed by atoms with Crippen molar-refractivity contribution in [3.63, 3.8) is 0 Å². The standard InChI is InChI=1S/C19H27N3O2/c1-19(2,3)24-18(23)22-14-12-21(13-15-22)17(10-7-11-20)16-8-5-4-6-9-16/h4-6,8-9,17H,7,10,12-15H2,1-3H3. The fraction of sp³-hybridized carbons (Fsp3) is 0.579. The first kappa shape index (κ1) is 18.3. The Morgan fingerprint density at radius 3 is 2.38 bits per heavy atom. The molecule has 1 atom stereocenters. The molecule has 1 aromatic rings. The number of ether oxygens (including phenoxy) is 1. The van der Waals surface area contributed by atoms with Gasteiger partial charge in [-0.05, 0) is 32.8 Å². The highest BCUT2D eigenvalue weighted by molar-refractivity contribution is 5.68. The highest BCUT2D eigenvalue weighted by Gasteiger charge is 2.29. The van der Waals surface area contributed by atoms with Gasteiger partial charge in [0.15, 0.2) is 0 Å². The van der Waals surface area contributed by atoms with E-state index in [1.165, 1.54) is 5.56 Å². The fourth-order valence-electron chi connectivity index (χ4n) is 2.98. The van der Waals surface area contributed by atoms with E-state index in [1.807, 2.05) is 39.0 Å². The van der Waals surface area contributed by atoms with Gasteiger partial charge < -0.3 is 9.64 Å². The van der Waals surface area contributed by atoms with Gasteiger partial charge in [0, 0.05) is 38.6 Å². The van der Waals surface area contributed by atoms with Gasteiger partial charge in [0.2, 0.25) is 0 Å². The monoisotopic (exact) mass is 329 g/mol. The summed E-state index contributed by atoms with van der Waals surface area (Å²) in [6.45, 7) is 8.56. The molecule has 0 aromatic heterocycles. The smallest absolute Gasteiger partial charge is 0.410 e. The summed E-state index contributed by atoms with van der Waals surface area (Å²) in [5, 5.41) is 8.95. The SMILES string of the molecule is CC(C)(C)OC(=O)N1CCN(C(CCC#N)c2ccccc2)CC1. The Kier molecular flexibility index (Phi) is 6.22. The maximum atomic E-state index is 12.2. The summed E-state index contributed by atoms with van der Waals surface area (Å²) in [5.74, 6) is 0. The topological polar surface area (TPSA) is 56.6 Å². The first-order chi connectivity index (χ1) is 11.4. The summed E-state index contributed by atoms with van der Waals surface area (Å²) in [4.78, 5) is 16.3. The van der Waals surface area contributed by atoms with Crippen LogP contribution in [0.15, 0.2) is 30.3 Å². The Hall–Kier alpha value is -2.06. The lowest BCUT2D eigenvalue weighted by molar-refractivity contribution is 0.00980. The molecule has 1 unspecified atom stereocenters. The summed E-state index contributed by atoms with van der Waals surface area (Å²) in [6.07, 6.45) is 1.11. The summed E-state index contributed by atoms with van der Waals surface area (Å²) >= 11 is 0. The van der Waals surface area contributed by atoms with Crippen LogP contribution in [0.4, 0.5) is 4.79 Å². The lowest BCUT2D eigenvalue weighted by atomic mass is 10.00. The van der Waals surface area contributed by atoms with Gasteiger partial charge >= 0.3 is 6.09 Å². The van der Waals surface area contributed by atoms with Gasteiger partial charge in [-0.3, -0.25) is 4.90 Å². The van der Waals surface area contributed by atoms with E-state index in [1.54, 1.807) is 4.90 Å². The van der Waals surface area contributed by atoms with Crippen LogP contribution in [0.2, 0.25) is 0 Å². The number of carbonyl (C=O) groups excluding carboxylic acids is 1. The first-order valence-electron chi connectivity index (χ1n) is 8.54. The number of rotatable bonds is 4. The molecule has 5 nitrogen and oxygen atoms in total. The van der Waals surface area contributed by atoms with Crippen molar-refractivity contribution in [3.8, 4) is 6.07 Å². The largest absolute Gasteiger partial charge is 0.444 e. The third-order valence-electron chi connectivity index (χ3n) is 4.12. The molecule has 0 aliphatic carbocycles. The molecule has 1 aromatic carbocycles.